The fourth-order valence-corrected chi connectivity index (χ4v) is 3.34. The molecule has 0 radical (unpaired) electrons. The quantitative estimate of drug-likeness (QED) is 0.343. The molecule has 1 aliphatic heterocycles. The summed E-state index contributed by atoms with van der Waals surface area (Å²) in [4.78, 5) is 37.8. The number of benzene rings is 1. The van der Waals surface area contributed by atoms with E-state index >= 15 is 0 Å². The van der Waals surface area contributed by atoms with Gasteiger partial charge in [0.1, 0.15) is 0 Å². The first kappa shape index (κ1) is 21.9. The van der Waals surface area contributed by atoms with Crippen molar-refractivity contribution in [2.75, 3.05) is 20.2 Å². The number of hydrogen-bond acceptors (Lipinski definition) is 4. The molecule has 0 aliphatic carbocycles. The highest BCUT2D eigenvalue weighted by Gasteiger charge is 2.17. The first-order valence-corrected chi connectivity index (χ1v) is 10.2. The van der Waals surface area contributed by atoms with Crippen LogP contribution in [-0.4, -0.2) is 42.8 Å². The predicted octanol–water partition coefficient (Wildman–Crippen LogP) is 4.26. The third-order valence-electron chi connectivity index (χ3n) is 5.15. The van der Waals surface area contributed by atoms with Crippen molar-refractivity contribution in [2.45, 2.75) is 51.9 Å². The zero-order chi connectivity index (χ0) is 20.4. The molecule has 1 aliphatic rings. The Hall–Kier alpha value is -2.43. The highest BCUT2D eigenvalue weighted by atomic mass is 16.5. The lowest BCUT2D eigenvalue weighted by atomic mass is 9.99. The molecular weight excluding hydrogens is 354 g/mol. The van der Waals surface area contributed by atoms with Gasteiger partial charge in [0.2, 0.25) is 5.91 Å². The summed E-state index contributed by atoms with van der Waals surface area (Å²) in [5, 5.41) is 0. The van der Waals surface area contributed by atoms with Crippen LogP contribution in [0.1, 0.15) is 67.8 Å². The first-order chi connectivity index (χ1) is 13.5. The maximum Gasteiger partial charge on any atom is 0.308 e. The summed E-state index contributed by atoms with van der Waals surface area (Å²) < 4.78 is 4.69. The first-order valence-electron chi connectivity index (χ1n) is 10.2. The Bertz CT molecular complexity index is 704. The van der Waals surface area contributed by atoms with Crippen molar-refractivity contribution < 1.29 is 19.1 Å². The van der Waals surface area contributed by atoms with Gasteiger partial charge < -0.3 is 9.64 Å². The fourth-order valence-electron chi connectivity index (χ4n) is 3.34. The molecule has 1 aromatic carbocycles. The van der Waals surface area contributed by atoms with Crippen LogP contribution in [0.25, 0.3) is 6.08 Å². The fraction of sp³-hybridized carbons (Fsp3) is 0.522. The number of ether oxygens (including phenoxy) is 1. The summed E-state index contributed by atoms with van der Waals surface area (Å²) in [5.74, 6) is -0.269. The average Bonchev–Trinajstić information content (AvgIpc) is 3.26. The number of rotatable bonds is 10. The number of unbranched alkanes of at least 4 members (excludes halogenated alkanes) is 1. The van der Waals surface area contributed by atoms with Gasteiger partial charge in [-0.15, -0.1) is 0 Å². The number of carbonyl (C=O) groups excluding carboxylic acids is 3. The predicted molar refractivity (Wildman–Crippen MR) is 110 cm³/mol. The molecule has 0 N–H and O–H groups in total. The lowest BCUT2D eigenvalue weighted by Gasteiger charge is -2.14. The van der Waals surface area contributed by atoms with Crippen molar-refractivity contribution in [3.05, 3.63) is 41.5 Å². The van der Waals surface area contributed by atoms with E-state index in [1.54, 1.807) is 13.0 Å². The Morgan fingerprint density at radius 1 is 1.18 bits per heavy atom. The van der Waals surface area contributed by atoms with Crippen LogP contribution in [0.3, 0.4) is 0 Å². The van der Waals surface area contributed by atoms with Crippen LogP contribution in [0.5, 0.6) is 0 Å². The van der Waals surface area contributed by atoms with E-state index in [1.807, 2.05) is 29.2 Å². The van der Waals surface area contributed by atoms with Gasteiger partial charge in [-0.25, -0.2) is 0 Å². The highest BCUT2D eigenvalue weighted by molar-refractivity contribution is 5.96. The SMILES string of the molecule is COC(=O)[C@@H](C)CCC(=O)c1cccc(/C=C\CCCC(=O)N2CCCC2)c1. The Morgan fingerprint density at radius 2 is 1.93 bits per heavy atom. The van der Waals surface area contributed by atoms with Crippen LogP contribution in [0.2, 0.25) is 0 Å². The molecule has 0 bridgehead atoms. The Labute approximate surface area is 167 Å². The summed E-state index contributed by atoms with van der Waals surface area (Å²) in [6.45, 7) is 3.59. The molecular formula is C23H31NO4. The van der Waals surface area contributed by atoms with E-state index in [4.69, 9.17) is 4.74 Å². The van der Waals surface area contributed by atoms with Crippen LogP contribution >= 0.6 is 0 Å². The van der Waals surface area contributed by atoms with Crippen LogP contribution < -0.4 is 0 Å². The summed E-state index contributed by atoms with van der Waals surface area (Å²) in [5.41, 5.74) is 1.63. The smallest absolute Gasteiger partial charge is 0.308 e. The molecule has 1 heterocycles. The second-order valence-corrected chi connectivity index (χ2v) is 7.39. The van der Waals surface area contributed by atoms with Crippen LogP contribution in [0, 0.1) is 5.92 Å². The zero-order valence-corrected chi connectivity index (χ0v) is 17.0. The molecule has 0 spiro atoms. The normalized spacial score (nSPS) is 15.0. The molecule has 1 saturated heterocycles. The maximum absolute atomic E-state index is 12.4. The molecule has 2 rings (SSSR count). The molecule has 0 aromatic heterocycles. The number of likely N-dealkylation sites (tertiary alicyclic amines) is 1. The van der Waals surface area contributed by atoms with E-state index in [9.17, 15) is 14.4 Å². The average molecular weight is 386 g/mol. The molecule has 28 heavy (non-hydrogen) atoms. The number of ketones is 1. The van der Waals surface area contributed by atoms with Gasteiger partial charge in [0.15, 0.2) is 5.78 Å². The number of allylic oxidation sites excluding steroid dienone is 1. The minimum Gasteiger partial charge on any atom is -0.469 e. The topological polar surface area (TPSA) is 63.7 Å². The van der Waals surface area contributed by atoms with Crippen LogP contribution in [0.15, 0.2) is 30.3 Å². The van der Waals surface area contributed by atoms with Crippen molar-refractivity contribution in [3.8, 4) is 0 Å². The van der Waals surface area contributed by atoms with E-state index in [1.165, 1.54) is 7.11 Å². The number of Topliss-reactive ketones (excluding diaryl/α,β-unsaturated/α-hetero) is 1. The molecule has 0 unspecified atom stereocenters. The lowest BCUT2D eigenvalue weighted by Crippen LogP contribution is -2.27. The van der Waals surface area contributed by atoms with Crippen molar-refractivity contribution in [1.82, 2.24) is 4.90 Å². The molecule has 1 atom stereocenters. The number of esters is 1. The summed E-state index contributed by atoms with van der Waals surface area (Å²) >= 11 is 0. The van der Waals surface area contributed by atoms with Gasteiger partial charge in [-0.2, -0.15) is 0 Å². The Morgan fingerprint density at radius 3 is 2.64 bits per heavy atom. The van der Waals surface area contributed by atoms with Crippen molar-refractivity contribution in [1.29, 1.82) is 0 Å². The zero-order valence-electron chi connectivity index (χ0n) is 17.0. The highest BCUT2D eigenvalue weighted by Crippen LogP contribution is 2.15. The molecule has 1 fully saturated rings. The van der Waals surface area contributed by atoms with E-state index in [0.717, 1.165) is 44.3 Å². The minimum absolute atomic E-state index is 0.0298. The number of nitrogens with zero attached hydrogens (tertiary/aromatic N) is 1. The van der Waals surface area contributed by atoms with Gasteiger partial charge >= 0.3 is 5.97 Å². The van der Waals surface area contributed by atoms with E-state index in [-0.39, 0.29) is 23.6 Å². The molecule has 152 valence electrons. The molecule has 5 nitrogen and oxygen atoms in total. The van der Waals surface area contributed by atoms with Crippen molar-refractivity contribution in [3.63, 3.8) is 0 Å². The van der Waals surface area contributed by atoms with Gasteiger partial charge in [-0.1, -0.05) is 37.3 Å². The largest absolute Gasteiger partial charge is 0.469 e. The molecule has 1 amide bonds. The monoisotopic (exact) mass is 385 g/mol. The summed E-state index contributed by atoms with van der Waals surface area (Å²) in [6.07, 6.45) is 9.39. The standard InChI is InChI=1S/C23H31NO4/c1-18(23(27)28-2)13-14-21(25)20-11-8-10-19(17-20)9-4-3-5-12-22(26)24-15-6-7-16-24/h4,8-11,17-18H,3,5-7,12-16H2,1-2H3/b9-4-/t18-/m0/s1. The third kappa shape index (κ3) is 6.95. The van der Waals surface area contributed by atoms with Gasteiger partial charge in [0, 0.05) is 31.5 Å². The molecule has 0 saturated carbocycles. The van der Waals surface area contributed by atoms with Gasteiger partial charge in [0.05, 0.1) is 13.0 Å². The van der Waals surface area contributed by atoms with Crippen LogP contribution in [0.4, 0.5) is 0 Å². The van der Waals surface area contributed by atoms with E-state index < -0.39 is 0 Å². The van der Waals surface area contributed by atoms with Crippen molar-refractivity contribution in [2.24, 2.45) is 5.92 Å². The summed E-state index contributed by atoms with van der Waals surface area (Å²) in [7, 11) is 1.36. The third-order valence-corrected chi connectivity index (χ3v) is 5.15. The Kier molecular flexibility index (Phi) is 8.92. The van der Waals surface area contributed by atoms with Crippen LogP contribution in [-0.2, 0) is 14.3 Å². The Balaban J connectivity index is 1.76. The van der Waals surface area contributed by atoms with E-state index in [0.29, 0.717) is 24.8 Å². The minimum atomic E-state index is -0.285. The summed E-state index contributed by atoms with van der Waals surface area (Å²) in [6, 6.07) is 7.50. The number of hydrogen-bond donors (Lipinski definition) is 0. The second kappa shape index (κ2) is 11.4. The van der Waals surface area contributed by atoms with Crippen molar-refractivity contribution >= 4 is 23.7 Å². The lowest BCUT2D eigenvalue weighted by molar-refractivity contribution is -0.145. The molecule has 5 heteroatoms. The number of carbonyl (C=O) groups is 3. The maximum atomic E-state index is 12.4. The number of amides is 1. The van der Waals surface area contributed by atoms with Gasteiger partial charge in [-0.3, -0.25) is 14.4 Å². The van der Waals surface area contributed by atoms with Gasteiger partial charge in [0.25, 0.3) is 0 Å². The molecule has 1 aromatic rings. The van der Waals surface area contributed by atoms with E-state index in [2.05, 4.69) is 6.08 Å². The van der Waals surface area contributed by atoms with Gasteiger partial charge in [-0.05, 0) is 43.7 Å². The second-order valence-electron chi connectivity index (χ2n) is 7.39. The number of methoxy groups -OCH3 is 1.